The van der Waals surface area contributed by atoms with Gasteiger partial charge >= 0.3 is 0 Å². The average molecular weight is 370 g/mol. The maximum atomic E-state index is 10.4. The van der Waals surface area contributed by atoms with Gasteiger partial charge in [-0.15, -0.1) is 0 Å². The zero-order valence-corrected chi connectivity index (χ0v) is 15.6. The normalized spacial score (nSPS) is 11.0. The molecule has 0 aliphatic rings. The number of thiocarbonyl (C=S) groups is 1. The quantitative estimate of drug-likeness (QED) is 0.460. The van der Waals surface area contributed by atoms with E-state index in [0.29, 0.717) is 10.9 Å². The zero-order chi connectivity index (χ0) is 19.1. The van der Waals surface area contributed by atoms with Crippen molar-refractivity contribution in [2.75, 3.05) is 11.9 Å². The summed E-state index contributed by atoms with van der Waals surface area (Å²) in [6, 6.07) is 13.0. The molecule has 0 saturated carbocycles. The van der Waals surface area contributed by atoms with E-state index in [4.69, 9.17) is 17.0 Å². The molecule has 2 rings (SSSR count). The van der Waals surface area contributed by atoms with Gasteiger partial charge in [0, 0.05) is 5.69 Å². The van der Waals surface area contributed by atoms with Crippen molar-refractivity contribution >= 4 is 34.7 Å². The van der Waals surface area contributed by atoms with Crippen molar-refractivity contribution in [1.29, 1.82) is 0 Å². The number of carboxylic acid groups (broad SMARTS) is 1. The number of nitrogens with zero attached hydrogens (tertiary/aromatic N) is 1. The predicted molar refractivity (Wildman–Crippen MR) is 104 cm³/mol. The Hall–Kier alpha value is -2.93. The van der Waals surface area contributed by atoms with Crippen LogP contribution in [0.1, 0.15) is 23.6 Å². The molecule has 0 radical (unpaired) electrons. The summed E-state index contributed by atoms with van der Waals surface area (Å²) >= 11 is 5.27. The number of anilines is 1. The monoisotopic (exact) mass is 370 g/mol. The van der Waals surface area contributed by atoms with Gasteiger partial charge in [-0.3, -0.25) is 5.43 Å². The van der Waals surface area contributed by atoms with Gasteiger partial charge in [-0.05, 0) is 74.4 Å². The minimum atomic E-state index is -1.26. The second-order valence-electron chi connectivity index (χ2n) is 5.77. The lowest BCUT2D eigenvalue weighted by molar-refractivity contribution is -0.307. The van der Waals surface area contributed by atoms with E-state index in [9.17, 15) is 9.90 Å². The number of aliphatic carboxylic acids is 1. The first-order chi connectivity index (χ1) is 12.3. The highest BCUT2D eigenvalue weighted by molar-refractivity contribution is 7.80. The Balaban J connectivity index is 1.94. The largest absolute Gasteiger partial charge is 0.546 e. The van der Waals surface area contributed by atoms with Gasteiger partial charge in [0.15, 0.2) is 5.11 Å². The summed E-state index contributed by atoms with van der Waals surface area (Å²) in [6.07, 6.45) is 0. The highest BCUT2D eigenvalue weighted by Gasteiger charge is 2.03. The maximum absolute atomic E-state index is 10.4. The first-order valence-corrected chi connectivity index (χ1v) is 8.37. The van der Waals surface area contributed by atoms with Crippen LogP contribution >= 0.6 is 12.2 Å². The average Bonchev–Trinajstić information content (AvgIpc) is 2.60. The van der Waals surface area contributed by atoms with Gasteiger partial charge in [0.2, 0.25) is 0 Å². The molecule has 0 amide bonds. The number of carbonyl (C=O) groups excluding carboxylic acids is 1. The molecule has 0 aliphatic carbocycles. The van der Waals surface area contributed by atoms with Crippen molar-refractivity contribution in [3.63, 3.8) is 0 Å². The number of nitrogens with one attached hydrogen (secondary N) is 2. The van der Waals surface area contributed by atoms with Gasteiger partial charge in [-0.25, -0.2) is 0 Å². The molecule has 0 aromatic heterocycles. The number of hydrogen-bond donors (Lipinski definition) is 2. The first kappa shape index (κ1) is 19.4. The third-order valence-corrected chi connectivity index (χ3v) is 3.78. The topological polar surface area (TPSA) is 85.8 Å². The number of carboxylic acids is 1. The fraction of sp³-hybridized carbons (Fsp3) is 0.211. The van der Waals surface area contributed by atoms with Crippen LogP contribution in [0.5, 0.6) is 5.75 Å². The van der Waals surface area contributed by atoms with E-state index < -0.39 is 12.6 Å². The molecule has 0 unspecified atom stereocenters. The smallest absolute Gasteiger partial charge is 0.191 e. The summed E-state index contributed by atoms with van der Waals surface area (Å²) in [4.78, 5) is 10.4. The third-order valence-electron chi connectivity index (χ3n) is 3.58. The first-order valence-electron chi connectivity index (χ1n) is 7.97. The molecule has 0 heterocycles. The molecule has 0 fully saturated rings. The van der Waals surface area contributed by atoms with Crippen LogP contribution < -0.4 is 20.6 Å². The molecule has 0 aliphatic heterocycles. The van der Waals surface area contributed by atoms with E-state index in [1.54, 1.807) is 24.3 Å². The molecule has 0 bridgehead atoms. The van der Waals surface area contributed by atoms with Gasteiger partial charge in [-0.2, -0.15) is 5.10 Å². The molecule has 0 atom stereocenters. The molecule has 2 aromatic rings. The van der Waals surface area contributed by atoms with Crippen molar-refractivity contribution < 1.29 is 14.6 Å². The summed E-state index contributed by atoms with van der Waals surface area (Å²) in [5, 5.41) is 18.1. The number of ether oxygens (including phenoxy) is 1. The van der Waals surface area contributed by atoms with E-state index in [2.05, 4.69) is 21.9 Å². The summed E-state index contributed by atoms with van der Waals surface area (Å²) in [6.45, 7) is 5.41. The number of carbonyl (C=O) groups is 1. The zero-order valence-electron chi connectivity index (χ0n) is 14.8. The highest BCUT2D eigenvalue weighted by Crippen LogP contribution is 2.16. The van der Waals surface area contributed by atoms with Crippen LogP contribution in [-0.2, 0) is 4.79 Å². The lowest BCUT2D eigenvalue weighted by atomic mass is 10.1. The molecule has 136 valence electrons. The molecular weight excluding hydrogens is 350 g/mol. The van der Waals surface area contributed by atoms with Crippen LogP contribution in [-0.4, -0.2) is 23.4 Å². The fourth-order valence-corrected chi connectivity index (χ4v) is 2.39. The molecule has 6 nitrogen and oxygen atoms in total. The molecule has 2 aromatic carbocycles. The number of benzene rings is 2. The number of rotatable bonds is 6. The standard InChI is InChI=1S/C19H21N3O3S/c1-12-4-9-17(13(2)10-12)20-19(26)22-21-14(3)15-5-7-16(8-6-15)25-11-18(23)24/h4-10H,11H2,1-3H3,(H,23,24)(H2,20,22,26)/p-1/b21-14-. The van der Waals surface area contributed by atoms with Crippen molar-refractivity contribution in [3.05, 3.63) is 59.2 Å². The summed E-state index contributed by atoms with van der Waals surface area (Å²) in [5.74, 6) is -0.813. The number of hydrazone groups is 1. The minimum Gasteiger partial charge on any atom is -0.546 e. The van der Waals surface area contributed by atoms with Gasteiger partial charge in [0.1, 0.15) is 12.4 Å². The summed E-state index contributed by atoms with van der Waals surface area (Å²) < 4.78 is 5.04. The Kier molecular flexibility index (Phi) is 6.68. The van der Waals surface area contributed by atoms with E-state index >= 15 is 0 Å². The van der Waals surface area contributed by atoms with E-state index in [0.717, 1.165) is 22.5 Å². The lowest BCUT2D eigenvalue weighted by Crippen LogP contribution is -2.28. The van der Waals surface area contributed by atoms with Crippen molar-refractivity contribution in [3.8, 4) is 5.75 Å². The fourth-order valence-electron chi connectivity index (χ4n) is 2.24. The van der Waals surface area contributed by atoms with E-state index in [-0.39, 0.29) is 0 Å². The Labute approximate surface area is 157 Å². The SMILES string of the molecule is C/C(=N/NC(=S)Nc1ccc(C)cc1C)c1ccc(OCC(=O)[O-])cc1. The second kappa shape index (κ2) is 8.96. The van der Waals surface area contributed by atoms with Crippen LogP contribution in [0.25, 0.3) is 0 Å². The Morgan fingerprint density at radius 3 is 2.50 bits per heavy atom. The van der Waals surface area contributed by atoms with Crippen molar-refractivity contribution in [2.45, 2.75) is 20.8 Å². The molecular formula is C19H20N3O3S-. The molecule has 26 heavy (non-hydrogen) atoms. The molecule has 2 N–H and O–H groups in total. The van der Waals surface area contributed by atoms with E-state index in [1.807, 2.05) is 32.9 Å². The van der Waals surface area contributed by atoms with Crippen molar-refractivity contribution in [1.82, 2.24) is 5.43 Å². The minimum absolute atomic E-state index is 0.394. The number of aryl methyl sites for hydroxylation is 2. The van der Waals surface area contributed by atoms with Crippen LogP contribution in [0.2, 0.25) is 0 Å². The number of hydrogen-bond acceptors (Lipinski definition) is 5. The Morgan fingerprint density at radius 2 is 1.88 bits per heavy atom. The van der Waals surface area contributed by atoms with Crippen LogP contribution in [0, 0.1) is 13.8 Å². The summed E-state index contributed by atoms with van der Waals surface area (Å²) in [7, 11) is 0. The van der Waals surface area contributed by atoms with Gasteiger partial charge in [-0.1, -0.05) is 17.7 Å². The van der Waals surface area contributed by atoms with Gasteiger partial charge in [0.25, 0.3) is 0 Å². The predicted octanol–water partition coefficient (Wildman–Crippen LogP) is 2.14. The maximum Gasteiger partial charge on any atom is 0.191 e. The van der Waals surface area contributed by atoms with Crippen LogP contribution in [0.4, 0.5) is 5.69 Å². The summed E-state index contributed by atoms with van der Waals surface area (Å²) in [5.41, 5.74) is 7.61. The third kappa shape index (κ3) is 5.86. The van der Waals surface area contributed by atoms with Crippen molar-refractivity contribution in [2.24, 2.45) is 5.10 Å². The highest BCUT2D eigenvalue weighted by atomic mass is 32.1. The van der Waals surface area contributed by atoms with E-state index in [1.165, 1.54) is 5.56 Å². The molecule has 0 spiro atoms. The molecule has 0 saturated heterocycles. The van der Waals surface area contributed by atoms with Crippen LogP contribution in [0.3, 0.4) is 0 Å². The second-order valence-corrected chi connectivity index (χ2v) is 6.17. The Morgan fingerprint density at radius 1 is 1.19 bits per heavy atom. The Bertz CT molecular complexity index is 832. The van der Waals surface area contributed by atoms with Crippen LogP contribution in [0.15, 0.2) is 47.6 Å². The molecule has 7 heteroatoms. The lowest BCUT2D eigenvalue weighted by Gasteiger charge is -2.11. The van der Waals surface area contributed by atoms with Gasteiger partial charge < -0.3 is 20.0 Å². The van der Waals surface area contributed by atoms with Gasteiger partial charge in [0.05, 0.1) is 11.7 Å².